The second kappa shape index (κ2) is 9.62. The molecule has 2 heterocycles. The number of alkyl halides is 3. The van der Waals surface area contributed by atoms with E-state index in [1.54, 1.807) is 6.92 Å². The predicted molar refractivity (Wildman–Crippen MR) is 111 cm³/mol. The third-order valence-corrected chi connectivity index (χ3v) is 5.32. The van der Waals surface area contributed by atoms with Crippen LogP contribution in [-0.2, 0) is 17.4 Å². The Kier molecular flexibility index (Phi) is 7.10. The minimum absolute atomic E-state index is 0.0917. The van der Waals surface area contributed by atoms with Gasteiger partial charge in [0.05, 0.1) is 12.2 Å². The van der Waals surface area contributed by atoms with Crippen molar-refractivity contribution in [1.82, 2.24) is 9.80 Å². The second-order valence-corrected chi connectivity index (χ2v) is 7.54. The van der Waals surface area contributed by atoms with Crippen LogP contribution in [0.2, 0.25) is 0 Å². The minimum Gasteiger partial charge on any atom is -0.493 e. The highest BCUT2D eigenvalue weighted by Gasteiger charge is 2.35. The van der Waals surface area contributed by atoms with Crippen LogP contribution >= 0.6 is 0 Å². The number of hydrogen-bond acceptors (Lipinski definition) is 5. The molecule has 1 aromatic carbocycles. The van der Waals surface area contributed by atoms with E-state index in [4.69, 9.17) is 9.15 Å². The maximum atomic E-state index is 13.4. The fourth-order valence-corrected chi connectivity index (χ4v) is 3.74. The highest BCUT2D eigenvalue weighted by molar-refractivity contribution is 6.01. The molecule has 1 fully saturated rings. The van der Waals surface area contributed by atoms with Gasteiger partial charge in [-0.05, 0) is 38.3 Å². The summed E-state index contributed by atoms with van der Waals surface area (Å²) in [5, 5.41) is -0.181. The molecule has 0 saturated carbocycles. The molecular formula is C22H25F3N2O5. The van der Waals surface area contributed by atoms with Gasteiger partial charge in [-0.2, -0.15) is 13.2 Å². The number of ether oxygens (including phenoxy) is 1. The van der Waals surface area contributed by atoms with E-state index in [1.807, 2.05) is 6.92 Å². The van der Waals surface area contributed by atoms with E-state index in [1.165, 1.54) is 21.9 Å². The molecular weight excluding hydrogens is 429 g/mol. The summed E-state index contributed by atoms with van der Waals surface area (Å²) in [5.74, 6) is 0.125. The first-order chi connectivity index (χ1) is 15.2. The zero-order chi connectivity index (χ0) is 23.5. The number of aryl methyl sites for hydroxylation is 1. The molecule has 3 rings (SSSR count). The van der Waals surface area contributed by atoms with Crippen molar-refractivity contribution in [3.63, 3.8) is 0 Å². The number of urea groups is 1. The summed E-state index contributed by atoms with van der Waals surface area (Å²) in [6.45, 7) is 4.74. The van der Waals surface area contributed by atoms with Crippen LogP contribution in [0.5, 0.6) is 5.75 Å². The van der Waals surface area contributed by atoms with Crippen LogP contribution in [0.3, 0.4) is 0 Å². The Balaban J connectivity index is 1.71. The summed E-state index contributed by atoms with van der Waals surface area (Å²) in [6.07, 6.45) is -2.64. The van der Waals surface area contributed by atoms with Gasteiger partial charge in [-0.25, -0.2) is 9.59 Å². The van der Waals surface area contributed by atoms with Gasteiger partial charge in [0, 0.05) is 30.1 Å². The molecule has 0 bridgehead atoms. The van der Waals surface area contributed by atoms with Crippen molar-refractivity contribution in [2.45, 2.75) is 45.7 Å². The fraction of sp³-hybridized carbons (Fsp3) is 0.500. The van der Waals surface area contributed by atoms with E-state index >= 15 is 0 Å². The standard InChI is InChI=1S/C22H25F3N2O5/c1-3-7-15-17(9-8-14-16(22(23,24)25)12-19(29)32-20(14)15)31-11-6-5-10-27-18(28)13-26(4-2)21(27)30/h8-9,12H,3-7,10-11,13H2,1-2H3. The first-order valence-electron chi connectivity index (χ1n) is 10.6. The highest BCUT2D eigenvalue weighted by atomic mass is 19.4. The molecule has 0 unspecified atom stereocenters. The number of halogens is 3. The Labute approximate surface area is 182 Å². The van der Waals surface area contributed by atoms with Gasteiger partial charge in [-0.1, -0.05) is 13.3 Å². The topological polar surface area (TPSA) is 80.1 Å². The number of benzene rings is 1. The molecule has 174 valence electrons. The molecule has 0 atom stereocenters. The van der Waals surface area contributed by atoms with Gasteiger partial charge in [0.15, 0.2) is 0 Å². The third kappa shape index (κ3) is 4.89. The molecule has 10 heteroatoms. The zero-order valence-corrected chi connectivity index (χ0v) is 18.0. The number of fused-ring (bicyclic) bond motifs is 1. The van der Waals surface area contributed by atoms with Crippen LogP contribution in [0.4, 0.5) is 18.0 Å². The van der Waals surface area contributed by atoms with E-state index < -0.39 is 17.4 Å². The number of unbranched alkanes of at least 4 members (excludes halogenated alkanes) is 1. The second-order valence-electron chi connectivity index (χ2n) is 7.54. The van der Waals surface area contributed by atoms with E-state index in [0.29, 0.717) is 49.6 Å². The molecule has 7 nitrogen and oxygen atoms in total. The zero-order valence-electron chi connectivity index (χ0n) is 18.0. The average molecular weight is 454 g/mol. The lowest BCUT2D eigenvalue weighted by atomic mass is 10.0. The van der Waals surface area contributed by atoms with Crippen molar-refractivity contribution in [1.29, 1.82) is 0 Å². The molecule has 0 N–H and O–H groups in total. The molecule has 1 aliphatic heterocycles. The van der Waals surface area contributed by atoms with Gasteiger partial charge in [-0.3, -0.25) is 9.69 Å². The molecule has 32 heavy (non-hydrogen) atoms. The molecule has 0 spiro atoms. The molecule has 1 aromatic heterocycles. The normalized spacial score (nSPS) is 14.7. The van der Waals surface area contributed by atoms with Gasteiger partial charge in [0.2, 0.25) is 5.91 Å². The quantitative estimate of drug-likeness (QED) is 0.322. The van der Waals surface area contributed by atoms with Crippen molar-refractivity contribution in [2.24, 2.45) is 0 Å². The first kappa shape index (κ1) is 23.6. The van der Waals surface area contributed by atoms with Crippen molar-refractivity contribution >= 4 is 22.9 Å². The number of carbonyl (C=O) groups excluding carboxylic acids is 2. The van der Waals surface area contributed by atoms with Crippen LogP contribution in [0.25, 0.3) is 11.0 Å². The summed E-state index contributed by atoms with van der Waals surface area (Å²) < 4.78 is 51.0. The minimum atomic E-state index is -4.68. The van der Waals surface area contributed by atoms with Crippen molar-refractivity contribution < 1.29 is 31.9 Å². The van der Waals surface area contributed by atoms with E-state index in [2.05, 4.69) is 0 Å². The number of amides is 3. The van der Waals surface area contributed by atoms with Crippen LogP contribution < -0.4 is 10.4 Å². The largest absolute Gasteiger partial charge is 0.493 e. The maximum Gasteiger partial charge on any atom is 0.417 e. The third-order valence-electron chi connectivity index (χ3n) is 5.32. The summed E-state index contributed by atoms with van der Waals surface area (Å²) in [5.41, 5.74) is -1.80. The van der Waals surface area contributed by atoms with Crippen molar-refractivity contribution in [3.8, 4) is 5.75 Å². The Hall–Kier alpha value is -3.04. The Morgan fingerprint density at radius 2 is 1.88 bits per heavy atom. The monoisotopic (exact) mass is 454 g/mol. The highest BCUT2D eigenvalue weighted by Crippen LogP contribution is 2.37. The van der Waals surface area contributed by atoms with Gasteiger partial charge in [0.1, 0.15) is 17.9 Å². The number of likely N-dealkylation sites (N-methyl/N-ethyl adjacent to an activating group) is 1. The van der Waals surface area contributed by atoms with Crippen LogP contribution in [0.1, 0.15) is 44.2 Å². The predicted octanol–water partition coefficient (Wildman–Crippen LogP) is 4.21. The summed E-state index contributed by atoms with van der Waals surface area (Å²) in [7, 11) is 0. The molecule has 2 aromatic rings. The van der Waals surface area contributed by atoms with Crippen molar-refractivity contribution in [2.75, 3.05) is 26.2 Å². The number of imide groups is 1. The van der Waals surface area contributed by atoms with E-state index in [0.717, 1.165) is 0 Å². The van der Waals surface area contributed by atoms with Gasteiger partial charge in [0.25, 0.3) is 0 Å². The SMILES string of the molecule is CCCc1c(OCCCCN2C(=O)CN(CC)C2=O)ccc2c(C(F)(F)F)cc(=O)oc12. The summed E-state index contributed by atoms with van der Waals surface area (Å²) >= 11 is 0. The lowest BCUT2D eigenvalue weighted by Gasteiger charge is -2.17. The number of rotatable bonds is 9. The summed E-state index contributed by atoms with van der Waals surface area (Å²) in [6, 6.07) is 2.86. The van der Waals surface area contributed by atoms with E-state index in [9.17, 15) is 27.6 Å². The molecule has 3 amide bonds. The fourth-order valence-electron chi connectivity index (χ4n) is 3.74. The van der Waals surface area contributed by atoms with Crippen molar-refractivity contribution in [3.05, 3.63) is 39.7 Å². The molecule has 0 radical (unpaired) electrons. The molecule has 0 aliphatic carbocycles. The van der Waals surface area contributed by atoms with Gasteiger partial charge >= 0.3 is 17.8 Å². The van der Waals surface area contributed by atoms with E-state index in [-0.39, 0.29) is 42.6 Å². The Morgan fingerprint density at radius 3 is 2.50 bits per heavy atom. The number of carbonyl (C=O) groups is 2. The lowest BCUT2D eigenvalue weighted by molar-refractivity contribution is -0.136. The average Bonchev–Trinajstić information content (AvgIpc) is 3.01. The van der Waals surface area contributed by atoms with Gasteiger partial charge < -0.3 is 14.1 Å². The van der Waals surface area contributed by atoms with Crippen LogP contribution in [0.15, 0.2) is 27.4 Å². The maximum absolute atomic E-state index is 13.4. The molecule has 1 aliphatic rings. The smallest absolute Gasteiger partial charge is 0.417 e. The Morgan fingerprint density at radius 1 is 1.12 bits per heavy atom. The summed E-state index contributed by atoms with van der Waals surface area (Å²) in [4.78, 5) is 38.5. The Bertz CT molecular complexity index is 1060. The number of nitrogens with zero attached hydrogens (tertiary/aromatic N) is 2. The van der Waals surface area contributed by atoms with Crippen LogP contribution in [-0.4, -0.2) is 48.0 Å². The van der Waals surface area contributed by atoms with Gasteiger partial charge in [-0.15, -0.1) is 0 Å². The van der Waals surface area contributed by atoms with Crippen LogP contribution in [0, 0.1) is 0 Å². The lowest BCUT2D eigenvalue weighted by Crippen LogP contribution is -2.33. The number of hydrogen-bond donors (Lipinski definition) is 0. The first-order valence-corrected chi connectivity index (χ1v) is 10.6. The molecule has 1 saturated heterocycles.